The summed E-state index contributed by atoms with van der Waals surface area (Å²) in [6.07, 6.45) is 0.553. The molecule has 0 radical (unpaired) electrons. The summed E-state index contributed by atoms with van der Waals surface area (Å²) >= 11 is 0. The van der Waals surface area contributed by atoms with Crippen molar-refractivity contribution in [1.29, 1.82) is 0 Å². The molecule has 5 nitrogen and oxygen atoms in total. The van der Waals surface area contributed by atoms with Crippen molar-refractivity contribution >= 4 is 17.8 Å². The van der Waals surface area contributed by atoms with Gasteiger partial charge in [0.15, 0.2) is 0 Å². The molecule has 0 N–H and O–H groups in total. The molecule has 0 unspecified atom stereocenters. The maximum atomic E-state index is 11.0. The Morgan fingerprint density at radius 1 is 1.38 bits per heavy atom. The van der Waals surface area contributed by atoms with Crippen LogP contribution in [0.4, 0.5) is 0 Å². The second kappa shape index (κ2) is 4.02. The van der Waals surface area contributed by atoms with Gasteiger partial charge in [-0.25, -0.2) is 0 Å². The molecule has 5 heteroatoms. The molecule has 2 amide bonds. The van der Waals surface area contributed by atoms with Crippen molar-refractivity contribution in [3.8, 4) is 0 Å². The van der Waals surface area contributed by atoms with Gasteiger partial charge >= 0.3 is 5.97 Å². The largest absolute Gasteiger partial charge is 0.464 e. The Balaban J connectivity index is 2.31. The molecule has 1 rings (SSSR count). The number of imide groups is 1. The Morgan fingerprint density at radius 3 is 2.38 bits per heavy atom. The lowest BCUT2D eigenvalue weighted by atomic mass is 10.4. The van der Waals surface area contributed by atoms with Gasteiger partial charge in [-0.3, -0.25) is 19.3 Å². The molecule has 13 heavy (non-hydrogen) atoms. The number of hydrogen-bond acceptors (Lipinski definition) is 4. The molecule has 0 aromatic carbocycles. The molecule has 0 aromatic rings. The van der Waals surface area contributed by atoms with E-state index >= 15 is 0 Å². The number of hydrogen-bond donors (Lipinski definition) is 0. The lowest BCUT2D eigenvalue weighted by molar-refractivity contribution is -0.146. The summed E-state index contributed by atoms with van der Waals surface area (Å²) in [6.45, 7) is 1.55. The fourth-order valence-corrected chi connectivity index (χ4v) is 1.15. The van der Waals surface area contributed by atoms with Gasteiger partial charge in [0, 0.05) is 19.8 Å². The zero-order valence-electron chi connectivity index (χ0n) is 7.41. The fourth-order valence-electron chi connectivity index (χ4n) is 1.15. The molecule has 1 saturated heterocycles. The molecular formula is C8H11NO4. The predicted molar refractivity (Wildman–Crippen MR) is 42.6 cm³/mol. The predicted octanol–water partition coefficient (Wildman–Crippen LogP) is -0.302. The molecule has 0 aromatic heterocycles. The Bertz CT molecular complexity index is 233. The van der Waals surface area contributed by atoms with Gasteiger partial charge in [-0.2, -0.15) is 0 Å². The number of esters is 1. The lowest BCUT2D eigenvalue weighted by Crippen LogP contribution is -2.32. The van der Waals surface area contributed by atoms with Crippen LogP contribution in [0.2, 0.25) is 0 Å². The molecule has 0 saturated carbocycles. The summed E-state index contributed by atoms with van der Waals surface area (Å²) in [5, 5.41) is 0. The number of carbonyl (C=O) groups excluding carboxylic acids is 3. The Kier molecular flexibility index (Phi) is 3.00. The third-order valence-corrected chi connectivity index (χ3v) is 1.78. The van der Waals surface area contributed by atoms with Crippen molar-refractivity contribution in [2.45, 2.75) is 19.8 Å². The van der Waals surface area contributed by atoms with Gasteiger partial charge in [-0.05, 0) is 0 Å². The van der Waals surface area contributed by atoms with E-state index in [9.17, 15) is 14.4 Å². The van der Waals surface area contributed by atoms with Gasteiger partial charge < -0.3 is 4.74 Å². The number of ether oxygens (including phenoxy) is 1. The highest BCUT2D eigenvalue weighted by Gasteiger charge is 2.28. The van der Waals surface area contributed by atoms with Crippen LogP contribution in [0, 0.1) is 0 Å². The quantitative estimate of drug-likeness (QED) is 0.447. The topological polar surface area (TPSA) is 63.7 Å². The highest BCUT2D eigenvalue weighted by atomic mass is 16.5. The van der Waals surface area contributed by atoms with E-state index in [4.69, 9.17) is 0 Å². The van der Waals surface area contributed by atoms with Crippen LogP contribution in [-0.2, 0) is 19.1 Å². The zero-order valence-corrected chi connectivity index (χ0v) is 7.41. The number of likely N-dealkylation sites (tertiary alicyclic amines) is 1. The first-order valence-corrected chi connectivity index (χ1v) is 4.08. The first-order chi connectivity index (χ1) is 6.11. The number of rotatable bonds is 3. The molecular weight excluding hydrogens is 174 g/mol. The van der Waals surface area contributed by atoms with Crippen LogP contribution in [0.25, 0.3) is 0 Å². The van der Waals surface area contributed by atoms with Crippen molar-refractivity contribution < 1.29 is 19.1 Å². The van der Waals surface area contributed by atoms with E-state index in [1.807, 2.05) is 0 Å². The summed E-state index contributed by atoms with van der Waals surface area (Å²) in [5.41, 5.74) is 0. The van der Waals surface area contributed by atoms with E-state index in [1.165, 1.54) is 6.92 Å². The summed E-state index contributed by atoms with van der Waals surface area (Å²) < 4.78 is 4.62. The maximum absolute atomic E-state index is 11.0. The van der Waals surface area contributed by atoms with Crippen molar-refractivity contribution in [3.63, 3.8) is 0 Å². The van der Waals surface area contributed by atoms with E-state index in [0.29, 0.717) is 0 Å². The minimum Gasteiger partial charge on any atom is -0.464 e. The minimum atomic E-state index is -0.404. The van der Waals surface area contributed by atoms with E-state index in [0.717, 1.165) is 4.90 Å². The summed E-state index contributed by atoms with van der Waals surface area (Å²) in [6, 6.07) is 0. The SMILES string of the molecule is CC(=O)OCCN1C(=O)CCC1=O. The van der Waals surface area contributed by atoms with Gasteiger partial charge in [0.1, 0.15) is 6.61 Å². The second-order valence-corrected chi connectivity index (χ2v) is 2.78. The Labute approximate surface area is 75.6 Å². The number of nitrogens with zero attached hydrogens (tertiary/aromatic N) is 1. The molecule has 1 heterocycles. The zero-order chi connectivity index (χ0) is 9.84. The van der Waals surface area contributed by atoms with Gasteiger partial charge in [0.25, 0.3) is 0 Å². The van der Waals surface area contributed by atoms with Crippen molar-refractivity contribution in [3.05, 3.63) is 0 Å². The average Bonchev–Trinajstić information content (AvgIpc) is 2.34. The van der Waals surface area contributed by atoms with Crippen LogP contribution in [0.1, 0.15) is 19.8 Å². The van der Waals surface area contributed by atoms with Crippen molar-refractivity contribution in [2.24, 2.45) is 0 Å². The highest BCUT2D eigenvalue weighted by molar-refractivity contribution is 6.01. The van der Waals surface area contributed by atoms with Gasteiger partial charge in [-0.15, -0.1) is 0 Å². The first kappa shape index (κ1) is 9.70. The van der Waals surface area contributed by atoms with Crippen molar-refractivity contribution in [1.82, 2.24) is 4.90 Å². The molecule has 1 aliphatic heterocycles. The van der Waals surface area contributed by atoms with Crippen molar-refractivity contribution in [2.75, 3.05) is 13.2 Å². The number of amides is 2. The second-order valence-electron chi connectivity index (χ2n) is 2.78. The first-order valence-electron chi connectivity index (χ1n) is 4.08. The monoisotopic (exact) mass is 185 g/mol. The average molecular weight is 185 g/mol. The molecule has 0 spiro atoms. The molecule has 1 aliphatic rings. The van der Waals surface area contributed by atoms with Crippen LogP contribution in [0.3, 0.4) is 0 Å². The van der Waals surface area contributed by atoms with Gasteiger partial charge in [0.2, 0.25) is 11.8 Å². The van der Waals surface area contributed by atoms with E-state index in [1.54, 1.807) is 0 Å². The maximum Gasteiger partial charge on any atom is 0.302 e. The normalized spacial score (nSPS) is 16.5. The lowest BCUT2D eigenvalue weighted by Gasteiger charge is -2.12. The standard InChI is InChI=1S/C8H11NO4/c1-6(10)13-5-4-9-7(11)2-3-8(9)12/h2-5H2,1H3. The summed E-state index contributed by atoms with van der Waals surface area (Å²) in [7, 11) is 0. The molecule has 0 bridgehead atoms. The smallest absolute Gasteiger partial charge is 0.302 e. The van der Waals surface area contributed by atoms with Crippen LogP contribution >= 0.6 is 0 Å². The van der Waals surface area contributed by atoms with Gasteiger partial charge in [-0.1, -0.05) is 0 Å². The van der Waals surface area contributed by atoms with Crippen LogP contribution < -0.4 is 0 Å². The summed E-state index contributed by atoms with van der Waals surface area (Å²) in [4.78, 5) is 33.5. The molecule has 0 atom stereocenters. The molecule has 1 fully saturated rings. The fraction of sp³-hybridized carbons (Fsp3) is 0.625. The number of carbonyl (C=O) groups is 3. The van der Waals surface area contributed by atoms with Crippen LogP contribution in [0.5, 0.6) is 0 Å². The van der Waals surface area contributed by atoms with Gasteiger partial charge in [0.05, 0.1) is 6.54 Å². The third kappa shape index (κ3) is 2.54. The van der Waals surface area contributed by atoms with Crippen LogP contribution in [-0.4, -0.2) is 35.8 Å². The van der Waals surface area contributed by atoms with E-state index in [2.05, 4.69) is 4.74 Å². The summed E-state index contributed by atoms with van der Waals surface area (Å²) in [5.74, 6) is -0.770. The molecule has 72 valence electrons. The highest BCUT2D eigenvalue weighted by Crippen LogP contribution is 2.10. The van der Waals surface area contributed by atoms with E-state index in [-0.39, 0.29) is 37.8 Å². The minimum absolute atomic E-state index is 0.0901. The molecule has 0 aliphatic carbocycles. The Morgan fingerprint density at radius 2 is 1.92 bits per heavy atom. The Hall–Kier alpha value is -1.39. The third-order valence-electron chi connectivity index (χ3n) is 1.78. The van der Waals surface area contributed by atoms with Crippen LogP contribution in [0.15, 0.2) is 0 Å². The van der Waals surface area contributed by atoms with E-state index < -0.39 is 5.97 Å².